The van der Waals surface area contributed by atoms with Gasteiger partial charge in [0.15, 0.2) is 18.1 Å². The van der Waals surface area contributed by atoms with Crippen LogP contribution in [-0.2, 0) is 0 Å². The molecule has 4 rings (SSSR count). The van der Waals surface area contributed by atoms with Crippen molar-refractivity contribution in [2.45, 2.75) is 0 Å². The minimum atomic E-state index is -0.195. The summed E-state index contributed by atoms with van der Waals surface area (Å²) in [4.78, 5) is 24.8. The Bertz CT molecular complexity index is 1140. The lowest BCUT2D eigenvalue weighted by molar-refractivity contribution is 0.0921. The van der Waals surface area contributed by atoms with E-state index in [0.29, 0.717) is 34.1 Å². The average molecular weight is 416 g/mol. The lowest BCUT2D eigenvalue weighted by Crippen LogP contribution is -2.11. The Balaban J connectivity index is 1.39. The third-order valence-corrected chi connectivity index (χ3v) is 4.83. The SMILES string of the molecule is COc1ccc(C(=O)COc2ccc(/C=C3\Oc4ccc(OC)cc4C3=O)cc2)cc1. The van der Waals surface area contributed by atoms with Gasteiger partial charge in [0.25, 0.3) is 0 Å². The zero-order valence-electron chi connectivity index (χ0n) is 17.1. The predicted molar refractivity (Wildman–Crippen MR) is 115 cm³/mol. The van der Waals surface area contributed by atoms with Gasteiger partial charge >= 0.3 is 0 Å². The van der Waals surface area contributed by atoms with E-state index in [-0.39, 0.29) is 23.9 Å². The maximum Gasteiger partial charge on any atom is 0.232 e. The number of Topliss-reactive ketones (excluding diaryl/α,β-unsaturated/α-hetero) is 2. The Labute approximate surface area is 179 Å². The molecule has 0 saturated carbocycles. The highest BCUT2D eigenvalue weighted by molar-refractivity contribution is 6.14. The van der Waals surface area contributed by atoms with Gasteiger partial charge in [0.2, 0.25) is 5.78 Å². The molecule has 1 aliphatic heterocycles. The highest BCUT2D eigenvalue weighted by Crippen LogP contribution is 2.34. The quantitative estimate of drug-likeness (QED) is 0.415. The number of carbonyl (C=O) groups is 2. The number of carbonyl (C=O) groups excluding carboxylic acids is 2. The number of allylic oxidation sites excluding steroid dienone is 1. The van der Waals surface area contributed by atoms with Crippen molar-refractivity contribution < 1.29 is 28.5 Å². The number of rotatable bonds is 7. The Hall–Kier alpha value is -4.06. The smallest absolute Gasteiger partial charge is 0.232 e. The van der Waals surface area contributed by atoms with Gasteiger partial charge in [-0.15, -0.1) is 0 Å². The second-order valence-electron chi connectivity index (χ2n) is 6.81. The average Bonchev–Trinajstić information content (AvgIpc) is 3.12. The van der Waals surface area contributed by atoms with E-state index in [4.69, 9.17) is 18.9 Å². The summed E-state index contributed by atoms with van der Waals surface area (Å²) in [5.74, 6) is 2.26. The van der Waals surface area contributed by atoms with E-state index in [1.165, 1.54) is 0 Å². The summed E-state index contributed by atoms with van der Waals surface area (Å²) in [6, 6.07) is 19.0. The number of fused-ring (bicyclic) bond motifs is 1. The molecule has 0 amide bonds. The molecular weight excluding hydrogens is 396 g/mol. The highest BCUT2D eigenvalue weighted by atomic mass is 16.5. The largest absolute Gasteiger partial charge is 0.497 e. The van der Waals surface area contributed by atoms with E-state index in [1.807, 2.05) is 0 Å². The molecule has 0 radical (unpaired) electrons. The predicted octanol–water partition coefficient (Wildman–Crippen LogP) is 4.58. The van der Waals surface area contributed by atoms with Crippen LogP contribution in [0.25, 0.3) is 6.08 Å². The van der Waals surface area contributed by atoms with E-state index in [0.717, 1.165) is 5.56 Å². The molecule has 0 saturated heterocycles. The Morgan fingerprint density at radius 2 is 1.52 bits per heavy atom. The van der Waals surface area contributed by atoms with Crippen molar-refractivity contribution in [3.8, 4) is 23.0 Å². The fourth-order valence-corrected chi connectivity index (χ4v) is 3.12. The number of methoxy groups -OCH3 is 2. The first-order valence-electron chi connectivity index (χ1n) is 9.60. The van der Waals surface area contributed by atoms with Crippen LogP contribution >= 0.6 is 0 Å². The van der Waals surface area contributed by atoms with Crippen LogP contribution in [0, 0.1) is 0 Å². The van der Waals surface area contributed by atoms with Crippen LogP contribution < -0.4 is 18.9 Å². The van der Waals surface area contributed by atoms with Crippen molar-refractivity contribution in [3.63, 3.8) is 0 Å². The number of hydrogen-bond donors (Lipinski definition) is 0. The fourth-order valence-electron chi connectivity index (χ4n) is 3.12. The van der Waals surface area contributed by atoms with Crippen LogP contribution in [0.5, 0.6) is 23.0 Å². The molecule has 3 aromatic carbocycles. The van der Waals surface area contributed by atoms with Crippen LogP contribution in [0.4, 0.5) is 0 Å². The number of hydrogen-bond acceptors (Lipinski definition) is 6. The third-order valence-electron chi connectivity index (χ3n) is 4.83. The van der Waals surface area contributed by atoms with Crippen LogP contribution in [0.15, 0.2) is 72.5 Å². The van der Waals surface area contributed by atoms with Crippen molar-refractivity contribution in [2.24, 2.45) is 0 Å². The van der Waals surface area contributed by atoms with Crippen molar-refractivity contribution in [2.75, 3.05) is 20.8 Å². The maximum atomic E-state index is 12.6. The van der Waals surface area contributed by atoms with Gasteiger partial charge in [-0.05, 0) is 66.2 Å². The molecular formula is C25H20O6. The van der Waals surface area contributed by atoms with Crippen molar-refractivity contribution in [1.82, 2.24) is 0 Å². The normalized spacial score (nSPS) is 13.5. The zero-order chi connectivity index (χ0) is 21.8. The number of benzene rings is 3. The number of ether oxygens (including phenoxy) is 4. The van der Waals surface area contributed by atoms with Gasteiger partial charge in [-0.1, -0.05) is 12.1 Å². The molecule has 3 aromatic rings. The molecule has 6 heteroatoms. The van der Waals surface area contributed by atoms with Gasteiger partial charge in [-0.2, -0.15) is 0 Å². The van der Waals surface area contributed by atoms with Gasteiger partial charge in [0.1, 0.15) is 23.0 Å². The van der Waals surface area contributed by atoms with Crippen LogP contribution in [0.1, 0.15) is 26.3 Å². The molecule has 0 bridgehead atoms. The summed E-state index contributed by atoms with van der Waals surface area (Å²) in [5, 5.41) is 0. The van der Waals surface area contributed by atoms with E-state index in [2.05, 4.69) is 0 Å². The van der Waals surface area contributed by atoms with Crippen molar-refractivity contribution in [3.05, 3.63) is 89.2 Å². The minimum absolute atomic E-state index is 0.0779. The van der Waals surface area contributed by atoms with E-state index < -0.39 is 0 Å². The van der Waals surface area contributed by atoms with E-state index in [9.17, 15) is 9.59 Å². The zero-order valence-corrected chi connectivity index (χ0v) is 17.1. The van der Waals surface area contributed by atoms with Crippen molar-refractivity contribution >= 4 is 17.6 Å². The molecule has 0 fully saturated rings. The first-order chi connectivity index (χ1) is 15.1. The van der Waals surface area contributed by atoms with Crippen LogP contribution in [0.2, 0.25) is 0 Å². The lowest BCUT2D eigenvalue weighted by atomic mass is 10.1. The summed E-state index contributed by atoms with van der Waals surface area (Å²) in [5.41, 5.74) is 1.80. The molecule has 0 spiro atoms. The molecule has 0 aliphatic carbocycles. The van der Waals surface area contributed by atoms with Gasteiger partial charge in [0, 0.05) is 5.56 Å². The molecule has 1 heterocycles. The summed E-state index contributed by atoms with van der Waals surface area (Å²) in [6.07, 6.45) is 1.67. The Kier molecular flexibility index (Phi) is 5.71. The number of ketones is 2. The van der Waals surface area contributed by atoms with Gasteiger partial charge in [0.05, 0.1) is 19.8 Å². The minimum Gasteiger partial charge on any atom is -0.497 e. The molecule has 156 valence electrons. The molecule has 0 aromatic heterocycles. The fraction of sp³-hybridized carbons (Fsp3) is 0.120. The Morgan fingerprint density at radius 3 is 2.19 bits per heavy atom. The molecule has 0 unspecified atom stereocenters. The third kappa shape index (κ3) is 4.43. The molecule has 0 atom stereocenters. The maximum absolute atomic E-state index is 12.6. The second-order valence-corrected chi connectivity index (χ2v) is 6.81. The standard InChI is InChI=1S/C25H20O6/c1-28-18-9-5-17(6-10-18)22(26)15-30-19-7-3-16(4-8-19)13-24-25(27)21-14-20(29-2)11-12-23(21)31-24/h3-14H,15H2,1-2H3/b24-13-. The molecule has 6 nitrogen and oxygen atoms in total. The molecule has 0 N–H and O–H groups in total. The summed E-state index contributed by atoms with van der Waals surface area (Å²) >= 11 is 0. The van der Waals surface area contributed by atoms with Crippen molar-refractivity contribution in [1.29, 1.82) is 0 Å². The first kappa shape index (κ1) is 20.2. The van der Waals surface area contributed by atoms with Gasteiger partial charge in [-0.3, -0.25) is 9.59 Å². The Morgan fingerprint density at radius 1 is 0.871 bits per heavy atom. The first-order valence-corrected chi connectivity index (χ1v) is 9.60. The van der Waals surface area contributed by atoms with Gasteiger partial charge in [-0.25, -0.2) is 0 Å². The molecule has 1 aliphatic rings. The summed E-state index contributed by atoms with van der Waals surface area (Å²) in [6.45, 7) is -0.0779. The van der Waals surface area contributed by atoms with Crippen LogP contribution in [0.3, 0.4) is 0 Å². The summed E-state index contributed by atoms with van der Waals surface area (Å²) in [7, 11) is 3.12. The lowest BCUT2D eigenvalue weighted by Gasteiger charge is -2.07. The summed E-state index contributed by atoms with van der Waals surface area (Å²) < 4.78 is 21.5. The monoisotopic (exact) mass is 416 g/mol. The topological polar surface area (TPSA) is 71.1 Å². The van der Waals surface area contributed by atoms with Gasteiger partial charge < -0.3 is 18.9 Å². The van der Waals surface area contributed by atoms with E-state index in [1.54, 1.807) is 87.0 Å². The van der Waals surface area contributed by atoms with E-state index >= 15 is 0 Å². The second kappa shape index (κ2) is 8.75. The van der Waals surface area contributed by atoms with Crippen LogP contribution in [-0.4, -0.2) is 32.4 Å². The molecule has 31 heavy (non-hydrogen) atoms. The highest BCUT2D eigenvalue weighted by Gasteiger charge is 2.27.